The molecule has 2 heterocycles. The molecule has 0 saturated carbocycles. The number of nitrogens with one attached hydrogen (secondary N) is 3. The molecule has 322 valence electrons. The number of ether oxygens (including phenoxy) is 2. The molecule has 1 aliphatic rings. The number of hydrogen-bond acceptors (Lipinski definition) is 10. The zero-order chi connectivity index (χ0) is 44.0. The average molecular weight is 885 g/mol. The highest BCUT2D eigenvalue weighted by molar-refractivity contribution is 6.74. The van der Waals surface area contributed by atoms with E-state index in [-0.39, 0.29) is 17.5 Å². The lowest BCUT2D eigenvalue weighted by molar-refractivity contribution is -0.153. The van der Waals surface area contributed by atoms with Crippen molar-refractivity contribution in [3.8, 4) is 0 Å². The Labute approximate surface area is 358 Å². The molecular formula is C41H60Cl3N5O8Si. The summed E-state index contributed by atoms with van der Waals surface area (Å²) in [7, 11) is -2.39. The fourth-order valence-electron chi connectivity index (χ4n) is 5.99. The van der Waals surface area contributed by atoms with Crippen molar-refractivity contribution < 1.29 is 37.9 Å². The second-order valence-corrected chi connectivity index (χ2v) is 24.3. The van der Waals surface area contributed by atoms with Gasteiger partial charge >= 0.3 is 11.9 Å². The van der Waals surface area contributed by atoms with E-state index < -0.39 is 84.1 Å². The minimum absolute atomic E-state index is 0.148. The Hall–Kier alpha value is -3.27. The first-order valence-corrected chi connectivity index (χ1v) is 23.6. The molecule has 0 aliphatic carbocycles. The summed E-state index contributed by atoms with van der Waals surface area (Å²) in [5, 5.41) is 7.75. The van der Waals surface area contributed by atoms with Crippen LogP contribution in [0.15, 0.2) is 36.4 Å². The first-order chi connectivity index (χ1) is 26.6. The molecule has 2 aromatic rings. The lowest BCUT2D eigenvalue weighted by atomic mass is 9.82. The van der Waals surface area contributed by atoms with Gasteiger partial charge in [-0.15, -0.1) is 0 Å². The van der Waals surface area contributed by atoms with Crippen molar-refractivity contribution in [2.75, 3.05) is 13.2 Å². The quantitative estimate of drug-likeness (QED) is 0.0937. The number of rotatable bonds is 15. The van der Waals surface area contributed by atoms with Gasteiger partial charge in [0.25, 0.3) is 5.91 Å². The summed E-state index contributed by atoms with van der Waals surface area (Å²) in [6.45, 7) is 22.3. The molecule has 0 bridgehead atoms. The second-order valence-electron chi connectivity index (χ2n) is 17.0. The molecule has 3 amide bonds. The molecule has 3 N–H and O–H groups in total. The summed E-state index contributed by atoms with van der Waals surface area (Å²) in [5.41, 5.74) is 3.65. The Morgan fingerprint density at radius 1 is 1.00 bits per heavy atom. The molecule has 0 radical (unpaired) electrons. The Morgan fingerprint density at radius 3 is 2.22 bits per heavy atom. The number of esters is 2. The highest BCUT2D eigenvalue weighted by Gasteiger charge is 2.46. The zero-order valence-corrected chi connectivity index (χ0v) is 38.9. The molecule has 17 heteroatoms. The van der Waals surface area contributed by atoms with Crippen LogP contribution in [0.3, 0.4) is 0 Å². The fraction of sp³-hybridized carbons (Fsp3) is 0.610. The van der Waals surface area contributed by atoms with Gasteiger partial charge in [0, 0.05) is 18.9 Å². The van der Waals surface area contributed by atoms with Crippen LogP contribution in [0.5, 0.6) is 0 Å². The van der Waals surface area contributed by atoms with E-state index in [1.807, 2.05) is 43.3 Å². The number of halogens is 3. The number of benzene rings is 1. The zero-order valence-electron chi connectivity index (χ0n) is 35.6. The summed E-state index contributed by atoms with van der Waals surface area (Å²) in [6, 6.07) is 6.59. The maximum Gasteiger partial charge on any atom is 0.325 e. The van der Waals surface area contributed by atoms with E-state index in [0.29, 0.717) is 24.1 Å². The van der Waals surface area contributed by atoms with Gasteiger partial charge in [0.2, 0.25) is 15.6 Å². The number of nitrogens with zero attached hydrogens (tertiary/aromatic N) is 2. The standard InChI is InChI=1S/C41H60Cl3N5O8Si/c1-24(2)34(35(51)45-25(3)36(52)49-21-13-14-32(48-49)37(53)55-23-41(42,43)44)47-38(54)40(10,27(5)57-58(11,12)39(7,8)9)20-19-29-15-16-30-17-18-31(46-33(30)22-29)26(4)56-28(6)50/h15-20,22,24-27,32,34,48H,13-14,21,23H2,1-12H3,(H,45,51)(H,47,54). The molecule has 1 aromatic heterocycles. The molecular weight excluding hydrogens is 825 g/mol. The molecule has 58 heavy (non-hydrogen) atoms. The summed E-state index contributed by atoms with van der Waals surface area (Å²) in [4.78, 5) is 70.8. The largest absolute Gasteiger partial charge is 0.460 e. The number of pyridine rings is 1. The monoisotopic (exact) mass is 883 g/mol. The first kappa shape index (κ1) is 49.1. The van der Waals surface area contributed by atoms with E-state index >= 15 is 0 Å². The van der Waals surface area contributed by atoms with E-state index in [0.717, 1.165) is 10.9 Å². The van der Waals surface area contributed by atoms with Gasteiger partial charge in [-0.2, -0.15) is 0 Å². The highest BCUT2D eigenvalue weighted by atomic mass is 35.6. The summed E-state index contributed by atoms with van der Waals surface area (Å²) >= 11 is 17.1. The van der Waals surface area contributed by atoms with Crippen LogP contribution in [0.1, 0.15) is 99.4 Å². The van der Waals surface area contributed by atoms with Crippen molar-refractivity contribution in [2.45, 2.75) is 134 Å². The topological polar surface area (TPSA) is 165 Å². The van der Waals surface area contributed by atoms with E-state index in [1.165, 1.54) is 18.9 Å². The van der Waals surface area contributed by atoms with Crippen molar-refractivity contribution in [1.82, 2.24) is 26.1 Å². The maximum atomic E-state index is 14.6. The number of carbonyl (C=O) groups is 5. The Kier molecular flexibility index (Phi) is 16.8. The molecule has 13 nitrogen and oxygen atoms in total. The maximum absolute atomic E-state index is 14.6. The van der Waals surface area contributed by atoms with Gasteiger partial charge < -0.3 is 24.5 Å². The molecule has 3 rings (SSSR count). The molecule has 6 atom stereocenters. The van der Waals surface area contributed by atoms with Crippen LogP contribution in [-0.2, 0) is 37.9 Å². The smallest absolute Gasteiger partial charge is 0.325 e. The van der Waals surface area contributed by atoms with Crippen molar-refractivity contribution in [1.29, 1.82) is 0 Å². The predicted octanol–water partition coefficient (Wildman–Crippen LogP) is 7.34. The van der Waals surface area contributed by atoms with Gasteiger partial charge in [-0.1, -0.05) is 99.8 Å². The van der Waals surface area contributed by atoms with Gasteiger partial charge in [0.05, 0.1) is 22.7 Å². The first-order valence-electron chi connectivity index (χ1n) is 19.5. The van der Waals surface area contributed by atoms with E-state index in [9.17, 15) is 24.0 Å². The molecule has 6 unspecified atom stereocenters. The number of hydrazine groups is 1. The SMILES string of the molecule is CC(=O)OC(C)c1ccc2ccc(C=CC(C)(C(=O)NC(C(=O)NC(C)C(=O)N3CCCC(C(=O)OCC(Cl)(Cl)Cl)N3)C(C)C)C(C)O[Si](C)(C)C(C)(C)C)cc2n1. The number of hydrogen-bond donors (Lipinski definition) is 3. The minimum atomic E-state index is -2.39. The van der Waals surface area contributed by atoms with Crippen LogP contribution in [0.4, 0.5) is 0 Å². The molecule has 0 spiro atoms. The van der Waals surface area contributed by atoms with Gasteiger partial charge in [0.15, 0.2) is 8.32 Å². The van der Waals surface area contributed by atoms with Crippen molar-refractivity contribution in [2.24, 2.45) is 11.3 Å². The normalized spacial score (nSPS) is 18.6. The van der Waals surface area contributed by atoms with Gasteiger partial charge in [-0.25, -0.2) is 10.4 Å². The highest BCUT2D eigenvalue weighted by Crippen LogP contribution is 2.40. The Morgan fingerprint density at radius 2 is 1.64 bits per heavy atom. The summed E-state index contributed by atoms with van der Waals surface area (Å²) in [5.74, 6) is -2.91. The molecule has 1 aromatic carbocycles. The van der Waals surface area contributed by atoms with E-state index in [4.69, 9.17) is 53.7 Å². The fourth-order valence-corrected chi connectivity index (χ4v) is 7.64. The van der Waals surface area contributed by atoms with Gasteiger partial charge in [-0.05, 0) is 82.3 Å². The van der Waals surface area contributed by atoms with Crippen molar-refractivity contribution in [3.05, 3.63) is 47.7 Å². The number of carbonyl (C=O) groups excluding carboxylic acids is 5. The Balaban J connectivity index is 1.87. The van der Waals surface area contributed by atoms with Crippen LogP contribution < -0.4 is 16.1 Å². The number of amides is 3. The molecule has 1 fully saturated rings. The van der Waals surface area contributed by atoms with Crippen molar-refractivity contribution >= 4 is 89.8 Å². The third kappa shape index (κ3) is 13.4. The van der Waals surface area contributed by atoms with E-state index in [2.05, 4.69) is 49.9 Å². The van der Waals surface area contributed by atoms with Crippen LogP contribution >= 0.6 is 34.8 Å². The van der Waals surface area contributed by atoms with Crippen LogP contribution in [0.25, 0.3) is 17.0 Å². The van der Waals surface area contributed by atoms with Crippen LogP contribution in [0, 0.1) is 11.3 Å². The molecule has 1 saturated heterocycles. The molecule has 1 aliphatic heterocycles. The minimum Gasteiger partial charge on any atom is -0.460 e. The number of aromatic nitrogens is 1. The summed E-state index contributed by atoms with van der Waals surface area (Å²) < 4.78 is 15.4. The number of fused-ring (bicyclic) bond motifs is 1. The van der Waals surface area contributed by atoms with Gasteiger partial charge in [-0.3, -0.25) is 29.0 Å². The third-order valence-electron chi connectivity index (χ3n) is 10.8. The second kappa shape index (κ2) is 19.9. The van der Waals surface area contributed by atoms with E-state index in [1.54, 1.807) is 33.8 Å². The Bertz CT molecular complexity index is 1850. The van der Waals surface area contributed by atoms with Crippen molar-refractivity contribution in [3.63, 3.8) is 0 Å². The van der Waals surface area contributed by atoms with Crippen LogP contribution in [-0.4, -0.2) is 89.1 Å². The lowest BCUT2D eigenvalue weighted by Gasteiger charge is -2.43. The lowest BCUT2D eigenvalue weighted by Crippen LogP contribution is -2.61. The van der Waals surface area contributed by atoms with Gasteiger partial charge in [0.1, 0.15) is 30.8 Å². The van der Waals surface area contributed by atoms with Crippen LogP contribution in [0.2, 0.25) is 18.1 Å². The third-order valence-corrected chi connectivity index (χ3v) is 15.7. The average Bonchev–Trinajstić information content (AvgIpc) is 3.12. The predicted molar refractivity (Wildman–Crippen MR) is 230 cm³/mol. The summed E-state index contributed by atoms with van der Waals surface area (Å²) in [6.07, 6.45) is 3.38. The number of alkyl halides is 3.